The maximum absolute atomic E-state index is 13.7. The van der Waals surface area contributed by atoms with Crippen LogP contribution in [0.2, 0.25) is 5.02 Å². The number of hydrogen-bond donors (Lipinski definition) is 1. The van der Waals surface area contributed by atoms with Gasteiger partial charge in [-0.1, -0.05) is 47.6 Å². The average molecular weight is 435 g/mol. The number of carbonyl (C=O) groups is 1. The fourth-order valence-corrected chi connectivity index (χ4v) is 3.66. The number of anilines is 1. The zero-order chi connectivity index (χ0) is 20.8. The topological polar surface area (TPSA) is 69.0 Å². The molecular weight excluding hydrogens is 415 g/mol. The van der Waals surface area contributed by atoms with Gasteiger partial charge in [-0.05, 0) is 38.1 Å². The second-order valence-corrected chi connectivity index (χ2v) is 7.44. The Hall–Kier alpha value is -2.58. The first-order valence-electron chi connectivity index (χ1n) is 9.01. The first-order valence-corrected chi connectivity index (χ1v) is 10.4. The van der Waals surface area contributed by atoms with Crippen LogP contribution < -0.4 is 10.1 Å². The number of para-hydroxylation sites is 2. The molecule has 3 aromatic rings. The molecule has 0 fully saturated rings. The van der Waals surface area contributed by atoms with Gasteiger partial charge in [-0.2, -0.15) is 0 Å². The number of benzene rings is 2. The quantitative estimate of drug-likeness (QED) is 0.507. The fourth-order valence-electron chi connectivity index (χ4n) is 2.67. The summed E-state index contributed by atoms with van der Waals surface area (Å²) < 4.78 is 21.5. The van der Waals surface area contributed by atoms with E-state index in [0.29, 0.717) is 28.3 Å². The third kappa shape index (κ3) is 5.27. The van der Waals surface area contributed by atoms with Crippen LogP contribution in [0.5, 0.6) is 5.75 Å². The summed E-state index contributed by atoms with van der Waals surface area (Å²) in [4.78, 5) is 12.2. The van der Waals surface area contributed by atoms with Gasteiger partial charge in [0.15, 0.2) is 17.1 Å². The fraction of sp³-hybridized carbons (Fsp3) is 0.250. The van der Waals surface area contributed by atoms with Gasteiger partial charge in [0.2, 0.25) is 5.91 Å². The van der Waals surface area contributed by atoms with E-state index in [2.05, 4.69) is 15.5 Å². The minimum absolute atomic E-state index is 0.0756. The molecule has 1 heterocycles. The number of nitrogens with zero attached hydrogens (tertiary/aromatic N) is 3. The van der Waals surface area contributed by atoms with Gasteiger partial charge in [-0.15, -0.1) is 10.2 Å². The van der Waals surface area contributed by atoms with E-state index in [1.807, 2.05) is 30.5 Å². The number of hydrogen-bond acceptors (Lipinski definition) is 5. The zero-order valence-corrected chi connectivity index (χ0v) is 17.5. The molecule has 1 N–H and O–H groups in total. The standard InChI is InChI=1S/C20H20ClFN4O2S/c1-3-26-19(13(2)28-17-11-7-4-8-14(17)21)24-25-20(26)29-12-18(27)23-16-10-6-5-9-15(16)22/h4-11,13H,3,12H2,1-2H3,(H,23,27)/t13-/m0/s1. The summed E-state index contributed by atoms with van der Waals surface area (Å²) in [6, 6.07) is 13.2. The highest BCUT2D eigenvalue weighted by Gasteiger charge is 2.20. The first-order chi connectivity index (χ1) is 14.0. The van der Waals surface area contributed by atoms with E-state index in [1.54, 1.807) is 24.3 Å². The molecule has 9 heteroatoms. The molecule has 0 saturated heterocycles. The normalized spacial score (nSPS) is 11.9. The summed E-state index contributed by atoms with van der Waals surface area (Å²) in [7, 11) is 0. The molecule has 0 bridgehead atoms. The molecule has 0 aliphatic carbocycles. The van der Waals surface area contributed by atoms with Gasteiger partial charge in [0.1, 0.15) is 11.6 Å². The lowest BCUT2D eigenvalue weighted by atomic mass is 10.3. The third-order valence-electron chi connectivity index (χ3n) is 4.05. The van der Waals surface area contributed by atoms with E-state index in [0.717, 1.165) is 0 Å². The van der Waals surface area contributed by atoms with Crippen molar-refractivity contribution in [3.63, 3.8) is 0 Å². The van der Waals surface area contributed by atoms with E-state index in [1.165, 1.54) is 23.9 Å². The molecule has 0 unspecified atom stereocenters. The van der Waals surface area contributed by atoms with Gasteiger partial charge in [0, 0.05) is 6.54 Å². The van der Waals surface area contributed by atoms with Crippen LogP contribution in [0, 0.1) is 5.82 Å². The van der Waals surface area contributed by atoms with Crippen molar-refractivity contribution in [1.29, 1.82) is 0 Å². The van der Waals surface area contributed by atoms with Crippen molar-refractivity contribution in [2.75, 3.05) is 11.1 Å². The van der Waals surface area contributed by atoms with E-state index in [-0.39, 0.29) is 23.5 Å². The number of carbonyl (C=O) groups excluding carboxylic acids is 1. The Labute approximate surface area is 177 Å². The van der Waals surface area contributed by atoms with Crippen LogP contribution in [-0.2, 0) is 11.3 Å². The third-order valence-corrected chi connectivity index (χ3v) is 5.33. The van der Waals surface area contributed by atoms with Crippen LogP contribution in [0.4, 0.5) is 10.1 Å². The second kappa shape index (κ2) is 9.76. The molecule has 0 aliphatic heterocycles. The molecule has 3 rings (SSSR count). The number of amides is 1. The summed E-state index contributed by atoms with van der Waals surface area (Å²) in [5.41, 5.74) is 0.150. The van der Waals surface area contributed by atoms with Gasteiger partial charge in [-0.25, -0.2) is 4.39 Å². The van der Waals surface area contributed by atoms with Gasteiger partial charge in [0.05, 0.1) is 16.5 Å². The number of thioether (sulfide) groups is 1. The summed E-state index contributed by atoms with van der Waals surface area (Å²) in [5.74, 6) is 0.463. The molecule has 1 aromatic heterocycles. The van der Waals surface area contributed by atoms with Crippen molar-refractivity contribution in [2.45, 2.75) is 31.7 Å². The Bertz CT molecular complexity index is 998. The minimum atomic E-state index is -0.476. The number of ether oxygens (including phenoxy) is 1. The van der Waals surface area contributed by atoms with Crippen molar-refractivity contribution in [2.24, 2.45) is 0 Å². The Morgan fingerprint density at radius 2 is 1.97 bits per heavy atom. The van der Waals surface area contributed by atoms with E-state index < -0.39 is 5.82 Å². The largest absolute Gasteiger partial charge is 0.481 e. The van der Waals surface area contributed by atoms with Gasteiger partial charge in [-0.3, -0.25) is 4.79 Å². The minimum Gasteiger partial charge on any atom is -0.481 e. The van der Waals surface area contributed by atoms with Crippen molar-refractivity contribution in [3.8, 4) is 5.75 Å². The molecule has 6 nitrogen and oxygen atoms in total. The molecule has 1 atom stereocenters. The Kier molecular flexibility index (Phi) is 7.11. The maximum Gasteiger partial charge on any atom is 0.234 e. The molecule has 29 heavy (non-hydrogen) atoms. The smallest absolute Gasteiger partial charge is 0.234 e. The highest BCUT2D eigenvalue weighted by molar-refractivity contribution is 7.99. The monoisotopic (exact) mass is 434 g/mol. The number of aromatic nitrogens is 3. The molecule has 1 amide bonds. The summed E-state index contributed by atoms with van der Waals surface area (Å²) in [5, 5.41) is 12.1. The van der Waals surface area contributed by atoms with Crippen LogP contribution in [-0.4, -0.2) is 26.4 Å². The van der Waals surface area contributed by atoms with E-state index in [9.17, 15) is 9.18 Å². The summed E-state index contributed by atoms with van der Waals surface area (Å²) in [6.45, 7) is 4.42. The van der Waals surface area contributed by atoms with E-state index in [4.69, 9.17) is 16.3 Å². The number of rotatable bonds is 8. The van der Waals surface area contributed by atoms with Gasteiger partial charge >= 0.3 is 0 Å². The van der Waals surface area contributed by atoms with Crippen LogP contribution in [0.1, 0.15) is 25.8 Å². The van der Waals surface area contributed by atoms with Crippen LogP contribution in [0.3, 0.4) is 0 Å². The first kappa shape index (κ1) is 21.1. The summed E-state index contributed by atoms with van der Waals surface area (Å²) in [6.07, 6.45) is -0.385. The van der Waals surface area contributed by atoms with Crippen molar-refractivity contribution in [3.05, 3.63) is 65.2 Å². The zero-order valence-electron chi connectivity index (χ0n) is 15.9. The molecule has 0 radical (unpaired) electrons. The summed E-state index contributed by atoms with van der Waals surface area (Å²) >= 11 is 7.38. The highest BCUT2D eigenvalue weighted by Crippen LogP contribution is 2.29. The predicted molar refractivity (Wildman–Crippen MR) is 112 cm³/mol. The lowest BCUT2D eigenvalue weighted by molar-refractivity contribution is -0.113. The van der Waals surface area contributed by atoms with Crippen molar-refractivity contribution < 1.29 is 13.9 Å². The van der Waals surface area contributed by atoms with Crippen LogP contribution >= 0.6 is 23.4 Å². The van der Waals surface area contributed by atoms with Crippen molar-refractivity contribution >= 4 is 35.0 Å². The number of halogens is 2. The maximum atomic E-state index is 13.7. The predicted octanol–water partition coefficient (Wildman–Crippen LogP) is 4.96. The second-order valence-electron chi connectivity index (χ2n) is 6.09. The Morgan fingerprint density at radius 3 is 2.69 bits per heavy atom. The SMILES string of the molecule is CCn1c(SCC(=O)Nc2ccccc2F)nnc1[C@H](C)Oc1ccccc1Cl. The van der Waals surface area contributed by atoms with Crippen LogP contribution in [0.15, 0.2) is 53.7 Å². The highest BCUT2D eigenvalue weighted by atomic mass is 35.5. The Morgan fingerprint density at radius 1 is 1.24 bits per heavy atom. The van der Waals surface area contributed by atoms with Gasteiger partial charge < -0.3 is 14.6 Å². The van der Waals surface area contributed by atoms with Crippen molar-refractivity contribution in [1.82, 2.24) is 14.8 Å². The molecule has 0 spiro atoms. The Balaban J connectivity index is 1.65. The lowest BCUT2D eigenvalue weighted by Gasteiger charge is -2.16. The van der Waals surface area contributed by atoms with E-state index >= 15 is 0 Å². The number of nitrogens with one attached hydrogen (secondary N) is 1. The van der Waals surface area contributed by atoms with Gasteiger partial charge in [0.25, 0.3) is 0 Å². The molecule has 2 aromatic carbocycles. The molecule has 152 valence electrons. The molecule has 0 aliphatic rings. The average Bonchev–Trinajstić information content (AvgIpc) is 3.13. The molecule has 0 saturated carbocycles. The lowest BCUT2D eigenvalue weighted by Crippen LogP contribution is -2.16. The van der Waals surface area contributed by atoms with Crippen LogP contribution in [0.25, 0.3) is 0 Å². The molecular formula is C20H20ClFN4O2S.